The second-order valence-electron chi connectivity index (χ2n) is 4.79. The molecule has 3 atom stereocenters. The van der Waals surface area contributed by atoms with Crippen LogP contribution in [0.1, 0.15) is 32.1 Å². The van der Waals surface area contributed by atoms with Crippen molar-refractivity contribution >= 4 is 17.9 Å². The van der Waals surface area contributed by atoms with Gasteiger partial charge in [0.05, 0.1) is 6.54 Å². The fraction of sp³-hybridized carbons (Fsp3) is 0.769. The smallest absolute Gasteiger partial charge is 0.235 e. The maximum atomic E-state index is 12.1. The summed E-state index contributed by atoms with van der Waals surface area (Å²) in [6.45, 7) is 0.980. The van der Waals surface area contributed by atoms with Crippen molar-refractivity contribution in [1.82, 2.24) is 0 Å². The molecule has 1 rings (SSSR count). The van der Waals surface area contributed by atoms with Crippen LogP contribution < -0.4 is 5.73 Å². The van der Waals surface area contributed by atoms with Crippen molar-refractivity contribution in [2.45, 2.75) is 38.1 Å². The average Bonchev–Trinajstić information content (AvgIpc) is 3.16. The van der Waals surface area contributed by atoms with Crippen LogP contribution in [-0.2, 0) is 14.4 Å². The molecule has 0 saturated heterocycles. The van der Waals surface area contributed by atoms with Crippen molar-refractivity contribution < 1.29 is 14.4 Å². The van der Waals surface area contributed by atoms with Crippen LogP contribution in [0.3, 0.4) is 0 Å². The summed E-state index contributed by atoms with van der Waals surface area (Å²) in [5, 5.41) is 0. The van der Waals surface area contributed by atoms with E-state index in [-0.39, 0.29) is 11.7 Å². The molecule has 1 saturated carbocycles. The molecule has 0 spiro atoms. The number of carbonyl (C=O) groups is 1. The highest BCUT2D eigenvalue weighted by molar-refractivity contribution is 5.89. The SMILES string of the molecule is NCC[C@@H]1C[C@@H]1C(=O)C(CCCCN=C=O)N=C=O. The van der Waals surface area contributed by atoms with E-state index in [1.807, 2.05) is 0 Å². The Morgan fingerprint density at radius 3 is 2.74 bits per heavy atom. The van der Waals surface area contributed by atoms with E-state index in [1.54, 1.807) is 0 Å². The number of hydrogen-bond acceptors (Lipinski definition) is 6. The first-order valence-corrected chi connectivity index (χ1v) is 6.59. The van der Waals surface area contributed by atoms with E-state index < -0.39 is 6.04 Å². The van der Waals surface area contributed by atoms with Crippen molar-refractivity contribution in [3.8, 4) is 0 Å². The van der Waals surface area contributed by atoms with Crippen LogP contribution in [0.15, 0.2) is 9.98 Å². The van der Waals surface area contributed by atoms with Crippen LogP contribution >= 0.6 is 0 Å². The van der Waals surface area contributed by atoms with E-state index in [4.69, 9.17) is 5.73 Å². The molecule has 2 N–H and O–H groups in total. The summed E-state index contributed by atoms with van der Waals surface area (Å²) >= 11 is 0. The number of nitrogens with zero attached hydrogens (tertiary/aromatic N) is 2. The van der Waals surface area contributed by atoms with Gasteiger partial charge < -0.3 is 5.73 Å². The van der Waals surface area contributed by atoms with Gasteiger partial charge in [0.15, 0.2) is 5.78 Å². The Balaban J connectivity index is 2.37. The van der Waals surface area contributed by atoms with Gasteiger partial charge in [0.25, 0.3) is 0 Å². The predicted molar refractivity (Wildman–Crippen MR) is 69.0 cm³/mol. The number of hydrogen-bond donors (Lipinski definition) is 1. The lowest BCUT2D eigenvalue weighted by molar-refractivity contribution is -0.121. The second-order valence-corrected chi connectivity index (χ2v) is 4.79. The molecule has 0 aromatic rings. The molecule has 6 nitrogen and oxygen atoms in total. The lowest BCUT2D eigenvalue weighted by Gasteiger charge is -2.08. The number of rotatable bonds is 10. The molecule has 19 heavy (non-hydrogen) atoms. The van der Waals surface area contributed by atoms with Crippen molar-refractivity contribution in [2.75, 3.05) is 13.1 Å². The van der Waals surface area contributed by atoms with E-state index in [2.05, 4.69) is 9.98 Å². The molecule has 0 aliphatic heterocycles. The highest BCUT2D eigenvalue weighted by Gasteiger charge is 2.44. The average molecular weight is 265 g/mol. The number of unbranched alkanes of at least 4 members (excludes halogenated alkanes) is 1. The summed E-state index contributed by atoms with van der Waals surface area (Å²) < 4.78 is 0. The molecule has 0 aromatic heterocycles. The fourth-order valence-corrected chi connectivity index (χ4v) is 2.28. The van der Waals surface area contributed by atoms with Gasteiger partial charge in [-0.25, -0.2) is 14.6 Å². The lowest BCUT2D eigenvalue weighted by atomic mass is 10.0. The van der Waals surface area contributed by atoms with Crippen molar-refractivity contribution in [2.24, 2.45) is 27.6 Å². The molecule has 0 aromatic carbocycles. The standard InChI is InChI=1S/C13H19N3O3/c14-5-4-10-7-11(10)13(19)12(16-9-18)3-1-2-6-15-8-17/h10-12H,1-7,14H2/t10-,11+,12?/m1/s1. The van der Waals surface area contributed by atoms with Gasteiger partial charge in [0.2, 0.25) is 12.2 Å². The topological polar surface area (TPSA) is 102 Å². The Hall–Kier alpha value is -1.61. The first kappa shape index (κ1) is 15.4. The zero-order valence-electron chi connectivity index (χ0n) is 10.9. The highest BCUT2D eigenvalue weighted by atomic mass is 16.1. The molecule has 1 aliphatic carbocycles. The molecule has 0 heterocycles. The minimum atomic E-state index is -0.592. The van der Waals surface area contributed by atoms with Crippen LogP contribution in [-0.4, -0.2) is 37.1 Å². The first-order chi connectivity index (χ1) is 9.24. The third kappa shape index (κ3) is 5.26. The summed E-state index contributed by atoms with van der Waals surface area (Å²) in [5.41, 5.74) is 5.45. The molecule has 104 valence electrons. The first-order valence-electron chi connectivity index (χ1n) is 6.59. The van der Waals surface area contributed by atoms with Gasteiger partial charge in [-0.1, -0.05) is 0 Å². The Morgan fingerprint density at radius 2 is 2.11 bits per heavy atom. The third-order valence-electron chi connectivity index (χ3n) is 3.42. The summed E-state index contributed by atoms with van der Waals surface area (Å²) in [6, 6.07) is -0.592. The minimum Gasteiger partial charge on any atom is -0.330 e. The van der Waals surface area contributed by atoms with Crippen LogP contribution in [0.25, 0.3) is 0 Å². The molecular formula is C13H19N3O3. The Morgan fingerprint density at radius 1 is 1.32 bits per heavy atom. The van der Waals surface area contributed by atoms with Gasteiger partial charge in [-0.2, -0.15) is 4.99 Å². The molecule has 0 bridgehead atoms. The number of isocyanates is 2. The van der Waals surface area contributed by atoms with Gasteiger partial charge in [-0.15, -0.1) is 0 Å². The van der Waals surface area contributed by atoms with E-state index >= 15 is 0 Å². The zero-order chi connectivity index (χ0) is 14.1. The Labute approximate surface area is 112 Å². The maximum absolute atomic E-state index is 12.1. The minimum absolute atomic E-state index is 0.0126. The molecule has 6 heteroatoms. The number of carbonyl (C=O) groups excluding carboxylic acids is 3. The Kier molecular flexibility index (Phi) is 6.90. The third-order valence-corrected chi connectivity index (χ3v) is 3.42. The molecule has 0 radical (unpaired) electrons. The summed E-state index contributed by atoms with van der Waals surface area (Å²) in [6.07, 6.45) is 6.53. The number of ketones is 1. The number of aliphatic imine (C=N–C) groups is 2. The quantitative estimate of drug-likeness (QED) is 0.357. The van der Waals surface area contributed by atoms with Gasteiger partial charge in [-0.05, 0) is 44.6 Å². The van der Waals surface area contributed by atoms with Crippen LogP contribution in [0.5, 0.6) is 0 Å². The van der Waals surface area contributed by atoms with E-state index in [0.717, 1.165) is 12.8 Å². The molecule has 1 aliphatic rings. The van der Waals surface area contributed by atoms with Crippen molar-refractivity contribution in [1.29, 1.82) is 0 Å². The number of nitrogens with two attached hydrogens (primary N) is 1. The van der Waals surface area contributed by atoms with Gasteiger partial charge in [0.1, 0.15) is 6.04 Å². The summed E-state index contributed by atoms with van der Waals surface area (Å²) in [4.78, 5) is 39.4. The largest absolute Gasteiger partial charge is 0.330 e. The van der Waals surface area contributed by atoms with Crippen LogP contribution in [0, 0.1) is 11.8 Å². The maximum Gasteiger partial charge on any atom is 0.235 e. The second kappa shape index (κ2) is 8.48. The van der Waals surface area contributed by atoms with E-state index in [0.29, 0.717) is 38.3 Å². The zero-order valence-corrected chi connectivity index (χ0v) is 10.9. The van der Waals surface area contributed by atoms with Gasteiger partial charge >= 0.3 is 0 Å². The summed E-state index contributed by atoms with van der Waals surface area (Å²) in [7, 11) is 0. The lowest BCUT2D eigenvalue weighted by Crippen LogP contribution is -2.21. The van der Waals surface area contributed by atoms with Crippen molar-refractivity contribution in [3.63, 3.8) is 0 Å². The molecule has 1 fully saturated rings. The molecule has 0 amide bonds. The van der Waals surface area contributed by atoms with Crippen molar-refractivity contribution in [3.05, 3.63) is 0 Å². The fourth-order valence-electron chi connectivity index (χ4n) is 2.28. The monoisotopic (exact) mass is 265 g/mol. The van der Waals surface area contributed by atoms with E-state index in [9.17, 15) is 14.4 Å². The van der Waals surface area contributed by atoms with Crippen LogP contribution in [0.4, 0.5) is 0 Å². The van der Waals surface area contributed by atoms with Crippen LogP contribution in [0.2, 0.25) is 0 Å². The predicted octanol–water partition coefficient (Wildman–Crippen LogP) is 0.751. The molecule has 1 unspecified atom stereocenters. The Bertz CT molecular complexity index is 398. The van der Waals surface area contributed by atoms with Gasteiger partial charge in [-0.3, -0.25) is 4.79 Å². The summed E-state index contributed by atoms with van der Waals surface area (Å²) in [5.74, 6) is 0.404. The molecular weight excluding hydrogens is 246 g/mol. The normalized spacial score (nSPS) is 21.9. The van der Waals surface area contributed by atoms with Gasteiger partial charge in [0, 0.05) is 5.92 Å². The highest BCUT2D eigenvalue weighted by Crippen LogP contribution is 2.42. The number of Topliss-reactive ketones (excluding diaryl/α,β-unsaturated/α-hetero) is 1. The van der Waals surface area contributed by atoms with E-state index in [1.165, 1.54) is 12.2 Å².